The van der Waals surface area contributed by atoms with E-state index in [4.69, 9.17) is 11.6 Å². The summed E-state index contributed by atoms with van der Waals surface area (Å²) in [5.41, 5.74) is -0.0800. The number of hydrogen-bond donors (Lipinski definition) is 3. The van der Waals surface area contributed by atoms with Crippen molar-refractivity contribution in [2.45, 2.75) is 6.92 Å². The summed E-state index contributed by atoms with van der Waals surface area (Å²) in [5, 5.41) is 3.19. The van der Waals surface area contributed by atoms with E-state index >= 15 is 0 Å². The number of carbonyl (C=O) groups excluding carboxylic acids is 1. The number of nitrogens with zero attached hydrogens (tertiary/aromatic N) is 1. The molecule has 0 aliphatic carbocycles. The van der Waals surface area contributed by atoms with Gasteiger partial charge < -0.3 is 5.32 Å². The molecular formula is C15H11ClN4O3. The maximum Gasteiger partial charge on any atom is 0.327 e. The van der Waals surface area contributed by atoms with Gasteiger partial charge in [-0.2, -0.15) is 0 Å². The summed E-state index contributed by atoms with van der Waals surface area (Å²) in [5.74, 6) is -0.449. The van der Waals surface area contributed by atoms with Gasteiger partial charge in [0.1, 0.15) is 5.65 Å². The fourth-order valence-electron chi connectivity index (χ4n) is 2.16. The molecule has 1 amide bonds. The zero-order valence-corrected chi connectivity index (χ0v) is 12.7. The second kappa shape index (κ2) is 5.69. The number of nitrogens with one attached hydrogen (secondary N) is 3. The molecule has 3 N–H and O–H groups in total. The second-order valence-electron chi connectivity index (χ2n) is 4.86. The van der Waals surface area contributed by atoms with Crippen LogP contribution in [0.3, 0.4) is 0 Å². The third-order valence-electron chi connectivity index (χ3n) is 3.28. The Balaban J connectivity index is 2.07. The number of aryl methyl sites for hydroxylation is 1. The Hall–Kier alpha value is -2.93. The zero-order valence-electron chi connectivity index (χ0n) is 11.9. The smallest absolute Gasteiger partial charge is 0.321 e. The van der Waals surface area contributed by atoms with Crippen molar-refractivity contribution in [2.24, 2.45) is 0 Å². The van der Waals surface area contributed by atoms with Crippen LogP contribution < -0.4 is 16.6 Å². The number of rotatable bonds is 2. The van der Waals surface area contributed by atoms with E-state index in [9.17, 15) is 14.4 Å². The fourth-order valence-corrected chi connectivity index (χ4v) is 2.35. The number of halogens is 1. The first kappa shape index (κ1) is 15.0. The van der Waals surface area contributed by atoms with Gasteiger partial charge in [-0.05, 0) is 25.1 Å². The van der Waals surface area contributed by atoms with Crippen LogP contribution in [0.15, 0.2) is 39.9 Å². The molecule has 0 bridgehead atoms. The van der Waals surface area contributed by atoms with Crippen LogP contribution in [0.2, 0.25) is 5.02 Å². The molecule has 0 aliphatic rings. The summed E-state index contributed by atoms with van der Waals surface area (Å²) in [6, 6.07) is 8.18. The minimum atomic E-state index is -0.650. The Morgan fingerprint density at radius 2 is 1.96 bits per heavy atom. The van der Waals surface area contributed by atoms with Crippen LogP contribution in [0, 0.1) is 6.92 Å². The van der Waals surface area contributed by atoms with E-state index in [1.807, 2.05) is 0 Å². The molecule has 3 aromatic rings. The number of hydrogen-bond acceptors (Lipinski definition) is 4. The highest BCUT2D eigenvalue weighted by Gasteiger charge is 2.15. The summed E-state index contributed by atoms with van der Waals surface area (Å²) in [6.45, 7) is 1.61. The van der Waals surface area contributed by atoms with E-state index in [1.165, 1.54) is 6.07 Å². The maximum absolute atomic E-state index is 12.4. The van der Waals surface area contributed by atoms with Crippen LogP contribution in [0.1, 0.15) is 16.1 Å². The van der Waals surface area contributed by atoms with Gasteiger partial charge in [-0.1, -0.05) is 23.7 Å². The van der Waals surface area contributed by atoms with Gasteiger partial charge in [0.15, 0.2) is 0 Å². The van der Waals surface area contributed by atoms with Gasteiger partial charge in [0.2, 0.25) is 0 Å². The van der Waals surface area contributed by atoms with Gasteiger partial charge in [-0.25, -0.2) is 9.78 Å². The van der Waals surface area contributed by atoms with Crippen LogP contribution in [-0.4, -0.2) is 20.9 Å². The number of H-pyrrole nitrogens is 2. The largest absolute Gasteiger partial charge is 0.327 e. The normalized spacial score (nSPS) is 10.7. The molecule has 0 atom stereocenters. The first-order chi connectivity index (χ1) is 11.0. The van der Waals surface area contributed by atoms with Crippen molar-refractivity contribution in [3.63, 3.8) is 0 Å². The van der Waals surface area contributed by atoms with Crippen molar-refractivity contribution in [1.29, 1.82) is 0 Å². The van der Waals surface area contributed by atoms with Crippen molar-refractivity contribution in [1.82, 2.24) is 15.0 Å². The number of aromatic amines is 2. The van der Waals surface area contributed by atoms with E-state index in [1.54, 1.807) is 31.2 Å². The molecule has 2 aromatic heterocycles. The number of amides is 1. The molecule has 116 valence electrons. The highest BCUT2D eigenvalue weighted by atomic mass is 35.5. The Labute approximate surface area is 134 Å². The summed E-state index contributed by atoms with van der Waals surface area (Å²) in [4.78, 5) is 44.1. The Bertz CT molecular complexity index is 1040. The zero-order chi connectivity index (χ0) is 16.6. The predicted octanol–water partition coefficient (Wildman–Crippen LogP) is 1.83. The molecule has 7 nitrogen and oxygen atoms in total. The van der Waals surface area contributed by atoms with E-state index < -0.39 is 17.2 Å². The lowest BCUT2D eigenvalue weighted by molar-refractivity contribution is 0.102. The fraction of sp³-hybridized carbons (Fsp3) is 0.0667. The highest BCUT2D eigenvalue weighted by molar-refractivity contribution is 6.33. The van der Waals surface area contributed by atoms with Crippen LogP contribution >= 0.6 is 11.6 Å². The van der Waals surface area contributed by atoms with Crippen LogP contribution in [0.25, 0.3) is 11.0 Å². The third-order valence-corrected chi connectivity index (χ3v) is 3.61. The number of benzene rings is 1. The third kappa shape index (κ3) is 2.86. The van der Waals surface area contributed by atoms with Crippen LogP contribution in [-0.2, 0) is 0 Å². The molecule has 3 rings (SSSR count). The van der Waals surface area contributed by atoms with Gasteiger partial charge in [0.05, 0.1) is 27.4 Å². The Morgan fingerprint density at radius 3 is 2.70 bits per heavy atom. The van der Waals surface area contributed by atoms with Gasteiger partial charge in [-0.15, -0.1) is 0 Å². The highest BCUT2D eigenvalue weighted by Crippen LogP contribution is 2.22. The minimum absolute atomic E-state index is 0.125. The van der Waals surface area contributed by atoms with E-state index in [2.05, 4.69) is 20.3 Å². The number of anilines is 1. The van der Waals surface area contributed by atoms with Crippen LogP contribution in [0.5, 0.6) is 0 Å². The molecule has 0 unspecified atom stereocenters. The summed E-state index contributed by atoms with van der Waals surface area (Å²) >= 11 is 6.01. The SMILES string of the molecule is Cc1nc2[nH]c(=O)[nH]c(=O)c2cc1C(=O)Nc1ccccc1Cl. The summed E-state index contributed by atoms with van der Waals surface area (Å²) < 4.78 is 0. The topological polar surface area (TPSA) is 108 Å². The number of carbonyl (C=O) groups is 1. The van der Waals surface area contributed by atoms with Crippen molar-refractivity contribution in [3.05, 3.63) is 67.4 Å². The van der Waals surface area contributed by atoms with Gasteiger partial charge in [-0.3, -0.25) is 19.6 Å². The second-order valence-corrected chi connectivity index (χ2v) is 5.27. The maximum atomic E-state index is 12.4. The minimum Gasteiger partial charge on any atom is -0.321 e. The molecular weight excluding hydrogens is 320 g/mol. The first-order valence-corrected chi connectivity index (χ1v) is 7.03. The Morgan fingerprint density at radius 1 is 1.22 bits per heavy atom. The number of para-hydroxylation sites is 1. The van der Waals surface area contributed by atoms with Gasteiger partial charge in [0.25, 0.3) is 11.5 Å². The van der Waals surface area contributed by atoms with Crippen LogP contribution in [0.4, 0.5) is 5.69 Å². The van der Waals surface area contributed by atoms with E-state index in [-0.39, 0.29) is 16.6 Å². The number of fused-ring (bicyclic) bond motifs is 1. The molecule has 8 heteroatoms. The summed E-state index contributed by atoms with van der Waals surface area (Å²) in [6.07, 6.45) is 0. The predicted molar refractivity (Wildman–Crippen MR) is 87.1 cm³/mol. The summed E-state index contributed by atoms with van der Waals surface area (Å²) in [7, 11) is 0. The first-order valence-electron chi connectivity index (χ1n) is 6.65. The average molecular weight is 331 g/mol. The standard InChI is InChI=1S/C15H11ClN4O3/c1-7-8(13(21)18-11-5-3-2-4-10(11)16)6-9-12(17-7)19-15(23)20-14(9)22/h2-6H,1H3,(H,18,21)(H2,17,19,20,22,23). The monoisotopic (exact) mass is 330 g/mol. The molecule has 0 spiro atoms. The van der Waals surface area contributed by atoms with E-state index in [0.29, 0.717) is 16.4 Å². The number of aromatic nitrogens is 3. The molecule has 0 saturated heterocycles. The lowest BCUT2D eigenvalue weighted by Gasteiger charge is -2.09. The van der Waals surface area contributed by atoms with E-state index in [0.717, 1.165) is 0 Å². The Kier molecular flexibility index (Phi) is 3.71. The molecule has 2 heterocycles. The van der Waals surface area contributed by atoms with Crippen molar-refractivity contribution in [3.8, 4) is 0 Å². The lowest BCUT2D eigenvalue weighted by atomic mass is 10.1. The van der Waals surface area contributed by atoms with Crippen molar-refractivity contribution >= 4 is 34.2 Å². The number of pyridine rings is 1. The van der Waals surface area contributed by atoms with Crippen molar-refractivity contribution < 1.29 is 4.79 Å². The molecule has 0 aliphatic heterocycles. The molecule has 1 aromatic carbocycles. The molecule has 0 saturated carbocycles. The molecule has 0 fully saturated rings. The average Bonchev–Trinajstić information content (AvgIpc) is 2.48. The van der Waals surface area contributed by atoms with Gasteiger partial charge in [0, 0.05) is 0 Å². The van der Waals surface area contributed by atoms with Gasteiger partial charge >= 0.3 is 5.69 Å². The molecule has 0 radical (unpaired) electrons. The molecule has 23 heavy (non-hydrogen) atoms. The quantitative estimate of drug-likeness (QED) is 0.666. The lowest BCUT2D eigenvalue weighted by Crippen LogP contribution is -2.24. The van der Waals surface area contributed by atoms with Crippen molar-refractivity contribution in [2.75, 3.05) is 5.32 Å².